The molecule has 1 atom stereocenters. The third kappa shape index (κ3) is 3.08. The summed E-state index contributed by atoms with van der Waals surface area (Å²) in [5, 5.41) is 10.5. The summed E-state index contributed by atoms with van der Waals surface area (Å²) < 4.78 is 11.4. The molecule has 0 bridgehead atoms. The Morgan fingerprint density at radius 1 is 1.00 bits per heavy atom. The van der Waals surface area contributed by atoms with E-state index in [-0.39, 0.29) is 0 Å². The molecule has 0 radical (unpaired) electrons. The van der Waals surface area contributed by atoms with Gasteiger partial charge in [-0.05, 0) is 35.9 Å². The molecule has 0 amide bonds. The molecule has 4 heteroatoms. The molecule has 1 N–H and O–H groups in total. The first-order valence-corrected chi connectivity index (χ1v) is 6.60. The highest BCUT2D eigenvalue weighted by molar-refractivity contribution is 9.10. The van der Waals surface area contributed by atoms with E-state index in [1.165, 1.54) is 0 Å². The molecule has 0 aromatic heterocycles. The topological polar surface area (TPSA) is 38.7 Å². The third-order valence-electron chi connectivity index (χ3n) is 2.92. The molecule has 0 saturated carbocycles. The van der Waals surface area contributed by atoms with Gasteiger partial charge in [0.15, 0.2) is 0 Å². The van der Waals surface area contributed by atoms with E-state index in [2.05, 4.69) is 15.9 Å². The minimum absolute atomic E-state index is 0.635. The van der Waals surface area contributed by atoms with Gasteiger partial charge in [0.2, 0.25) is 0 Å². The Bertz CT molecular complexity index is 552. The van der Waals surface area contributed by atoms with E-state index in [1.54, 1.807) is 32.4 Å². The zero-order valence-electron chi connectivity index (χ0n) is 10.8. The van der Waals surface area contributed by atoms with Crippen LogP contribution in [0.5, 0.6) is 11.5 Å². The van der Waals surface area contributed by atoms with E-state index < -0.39 is 6.10 Å². The lowest BCUT2D eigenvalue weighted by Gasteiger charge is -2.16. The van der Waals surface area contributed by atoms with E-state index in [0.717, 1.165) is 10.0 Å². The van der Waals surface area contributed by atoms with Crippen LogP contribution in [0.2, 0.25) is 0 Å². The van der Waals surface area contributed by atoms with Crippen LogP contribution >= 0.6 is 15.9 Å². The van der Waals surface area contributed by atoms with Gasteiger partial charge in [0.1, 0.15) is 17.6 Å². The second-order valence-corrected chi connectivity index (χ2v) is 4.98. The molecule has 0 saturated heterocycles. The SMILES string of the molecule is COc1ccc(OC)c(C(O)c2ccc(Br)cc2)c1. The maximum Gasteiger partial charge on any atom is 0.125 e. The fraction of sp³-hybridized carbons (Fsp3) is 0.200. The summed E-state index contributed by atoms with van der Waals surface area (Å²) >= 11 is 3.38. The van der Waals surface area contributed by atoms with Gasteiger partial charge in [-0.1, -0.05) is 28.1 Å². The Labute approximate surface area is 120 Å². The first kappa shape index (κ1) is 13.9. The Balaban J connectivity index is 2.41. The number of ether oxygens (including phenoxy) is 2. The van der Waals surface area contributed by atoms with E-state index in [9.17, 15) is 5.11 Å². The molecule has 2 rings (SSSR count). The van der Waals surface area contributed by atoms with Crippen molar-refractivity contribution in [3.8, 4) is 11.5 Å². The van der Waals surface area contributed by atoms with Crippen molar-refractivity contribution in [1.29, 1.82) is 0 Å². The largest absolute Gasteiger partial charge is 0.497 e. The number of halogens is 1. The number of aliphatic hydroxyl groups excluding tert-OH is 1. The average molecular weight is 323 g/mol. The molecule has 0 heterocycles. The number of benzene rings is 2. The molecule has 2 aromatic rings. The average Bonchev–Trinajstić information content (AvgIpc) is 2.46. The first-order valence-electron chi connectivity index (χ1n) is 5.81. The predicted molar refractivity (Wildman–Crippen MR) is 77.7 cm³/mol. The highest BCUT2D eigenvalue weighted by Gasteiger charge is 2.16. The molecule has 1 unspecified atom stereocenters. The molecule has 0 aliphatic rings. The lowest BCUT2D eigenvalue weighted by atomic mass is 10.0. The van der Waals surface area contributed by atoms with Crippen LogP contribution in [0.3, 0.4) is 0 Å². The molecule has 19 heavy (non-hydrogen) atoms. The van der Waals surface area contributed by atoms with Crippen molar-refractivity contribution < 1.29 is 14.6 Å². The molecular formula is C15H15BrO3. The molecule has 0 aliphatic carbocycles. The highest BCUT2D eigenvalue weighted by atomic mass is 79.9. The minimum atomic E-state index is -0.752. The summed E-state index contributed by atoms with van der Waals surface area (Å²) in [6.07, 6.45) is -0.752. The van der Waals surface area contributed by atoms with Crippen molar-refractivity contribution in [2.75, 3.05) is 14.2 Å². The Morgan fingerprint density at radius 3 is 2.26 bits per heavy atom. The van der Waals surface area contributed by atoms with Crippen LogP contribution in [0.1, 0.15) is 17.2 Å². The van der Waals surface area contributed by atoms with Crippen molar-refractivity contribution >= 4 is 15.9 Å². The summed E-state index contributed by atoms with van der Waals surface area (Å²) in [4.78, 5) is 0. The van der Waals surface area contributed by atoms with Crippen molar-refractivity contribution in [1.82, 2.24) is 0 Å². The predicted octanol–water partition coefficient (Wildman–Crippen LogP) is 3.55. The number of rotatable bonds is 4. The quantitative estimate of drug-likeness (QED) is 0.935. The first-order chi connectivity index (χ1) is 9.15. The maximum absolute atomic E-state index is 10.5. The molecule has 0 aliphatic heterocycles. The van der Waals surface area contributed by atoms with Gasteiger partial charge in [-0.3, -0.25) is 0 Å². The van der Waals surface area contributed by atoms with Crippen LogP contribution in [-0.2, 0) is 0 Å². The van der Waals surface area contributed by atoms with Gasteiger partial charge >= 0.3 is 0 Å². The number of aliphatic hydroxyl groups is 1. The standard InChI is InChI=1S/C15H15BrO3/c1-18-12-7-8-14(19-2)13(9-12)15(17)10-3-5-11(16)6-4-10/h3-9,15,17H,1-2H3. The Hall–Kier alpha value is -1.52. The van der Waals surface area contributed by atoms with Gasteiger partial charge < -0.3 is 14.6 Å². The summed E-state index contributed by atoms with van der Waals surface area (Å²) in [6, 6.07) is 12.9. The van der Waals surface area contributed by atoms with Crippen LogP contribution in [0.4, 0.5) is 0 Å². The van der Waals surface area contributed by atoms with Crippen LogP contribution < -0.4 is 9.47 Å². The van der Waals surface area contributed by atoms with Crippen molar-refractivity contribution in [2.45, 2.75) is 6.10 Å². The lowest BCUT2D eigenvalue weighted by Crippen LogP contribution is -2.03. The molecule has 100 valence electrons. The van der Waals surface area contributed by atoms with Gasteiger partial charge in [0.25, 0.3) is 0 Å². The molecular weight excluding hydrogens is 308 g/mol. The number of methoxy groups -OCH3 is 2. The third-order valence-corrected chi connectivity index (χ3v) is 3.45. The minimum Gasteiger partial charge on any atom is -0.497 e. The maximum atomic E-state index is 10.5. The summed E-state index contributed by atoms with van der Waals surface area (Å²) in [5.74, 6) is 1.32. The molecule has 3 nitrogen and oxygen atoms in total. The summed E-state index contributed by atoms with van der Waals surface area (Å²) in [5.41, 5.74) is 1.49. The fourth-order valence-corrected chi connectivity index (χ4v) is 2.14. The van der Waals surface area contributed by atoms with Crippen LogP contribution in [-0.4, -0.2) is 19.3 Å². The number of hydrogen-bond acceptors (Lipinski definition) is 3. The van der Waals surface area contributed by atoms with Crippen LogP contribution in [0.25, 0.3) is 0 Å². The monoisotopic (exact) mass is 322 g/mol. The van der Waals surface area contributed by atoms with Gasteiger partial charge in [-0.2, -0.15) is 0 Å². The molecule has 0 fully saturated rings. The van der Waals surface area contributed by atoms with Crippen LogP contribution in [0, 0.1) is 0 Å². The smallest absolute Gasteiger partial charge is 0.125 e. The van der Waals surface area contributed by atoms with Crippen LogP contribution in [0.15, 0.2) is 46.9 Å². The summed E-state index contributed by atoms with van der Waals surface area (Å²) in [6.45, 7) is 0. The van der Waals surface area contributed by atoms with E-state index in [4.69, 9.17) is 9.47 Å². The number of hydrogen-bond donors (Lipinski definition) is 1. The van der Waals surface area contributed by atoms with Crippen molar-refractivity contribution in [2.24, 2.45) is 0 Å². The van der Waals surface area contributed by atoms with Crippen molar-refractivity contribution in [3.05, 3.63) is 58.1 Å². The van der Waals surface area contributed by atoms with Gasteiger partial charge in [-0.15, -0.1) is 0 Å². The van der Waals surface area contributed by atoms with E-state index >= 15 is 0 Å². The second kappa shape index (κ2) is 6.08. The molecule has 0 spiro atoms. The Morgan fingerprint density at radius 2 is 1.68 bits per heavy atom. The lowest BCUT2D eigenvalue weighted by molar-refractivity contribution is 0.214. The fourth-order valence-electron chi connectivity index (χ4n) is 1.88. The van der Waals surface area contributed by atoms with E-state index in [0.29, 0.717) is 17.1 Å². The summed E-state index contributed by atoms with van der Waals surface area (Å²) in [7, 11) is 3.18. The van der Waals surface area contributed by atoms with E-state index in [1.807, 2.05) is 24.3 Å². The zero-order valence-corrected chi connectivity index (χ0v) is 12.3. The molecule has 2 aromatic carbocycles. The second-order valence-electron chi connectivity index (χ2n) is 4.06. The van der Waals surface area contributed by atoms with Crippen molar-refractivity contribution in [3.63, 3.8) is 0 Å². The Kier molecular flexibility index (Phi) is 4.45. The van der Waals surface area contributed by atoms with Gasteiger partial charge in [-0.25, -0.2) is 0 Å². The van der Waals surface area contributed by atoms with Gasteiger partial charge in [0.05, 0.1) is 14.2 Å². The highest BCUT2D eigenvalue weighted by Crippen LogP contribution is 2.33. The van der Waals surface area contributed by atoms with Gasteiger partial charge in [0, 0.05) is 10.0 Å². The zero-order chi connectivity index (χ0) is 13.8. The normalized spacial score (nSPS) is 12.0.